The van der Waals surface area contributed by atoms with Crippen LogP contribution in [-0.2, 0) is 18.7 Å². The highest BCUT2D eigenvalue weighted by Gasteiger charge is 2.30. The van der Waals surface area contributed by atoms with Crippen molar-refractivity contribution in [2.24, 2.45) is 5.92 Å². The van der Waals surface area contributed by atoms with Gasteiger partial charge in [-0.25, -0.2) is 4.57 Å². The maximum absolute atomic E-state index is 13.4. The molecule has 0 bridgehead atoms. The number of phosphoric acid groups is 1. The highest BCUT2D eigenvalue weighted by atomic mass is 31.2. The minimum absolute atomic E-state index is 0.102. The Morgan fingerprint density at radius 1 is 0.588 bits per heavy atom. The molecule has 0 aromatic carbocycles. The molecule has 0 amide bonds. The van der Waals surface area contributed by atoms with Gasteiger partial charge in [0.25, 0.3) is 0 Å². The van der Waals surface area contributed by atoms with Crippen molar-refractivity contribution in [3.05, 3.63) is 24.3 Å². The third-order valence-electron chi connectivity index (χ3n) is 10.0. The van der Waals surface area contributed by atoms with Crippen LogP contribution in [-0.4, -0.2) is 59.6 Å². The standard InChI is InChI=1S/C43H82NO6P/c1-5-7-9-11-13-15-17-19-21-23-25-27-29-31-33-35-42(45)39-41(40-44(3,4)37-38-50-51(47,48)49)43(46)36-34-32-30-28-26-24-22-20-18-16-14-12-10-8-6-2/h19-22,41H,5-18,23-40H2,1-4H3,(H-,47,48,49)/p+1/b21-19-,22-20-/t41-/m0/s1. The molecular formula is C43H83NO6P+. The number of allylic oxidation sites excluding steroid dienone is 4. The molecule has 0 unspecified atom stereocenters. The van der Waals surface area contributed by atoms with E-state index in [-0.39, 0.29) is 30.5 Å². The molecule has 0 fully saturated rings. The lowest BCUT2D eigenvalue weighted by molar-refractivity contribution is -0.892. The Kier molecular flexibility index (Phi) is 33.9. The number of carbonyl (C=O) groups excluding carboxylic acids is 2. The Morgan fingerprint density at radius 3 is 1.37 bits per heavy atom. The van der Waals surface area contributed by atoms with Gasteiger partial charge in [-0.2, -0.15) is 0 Å². The summed E-state index contributed by atoms with van der Waals surface area (Å²) in [6.07, 6.45) is 42.2. The van der Waals surface area contributed by atoms with E-state index in [1.165, 1.54) is 116 Å². The molecule has 8 heteroatoms. The predicted molar refractivity (Wildman–Crippen MR) is 217 cm³/mol. The van der Waals surface area contributed by atoms with E-state index < -0.39 is 7.82 Å². The minimum Gasteiger partial charge on any atom is -0.326 e. The summed E-state index contributed by atoms with van der Waals surface area (Å²) < 4.78 is 16.2. The predicted octanol–water partition coefficient (Wildman–Crippen LogP) is 12.4. The van der Waals surface area contributed by atoms with Crippen LogP contribution in [0, 0.1) is 5.92 Å². The Morgan fingerprint density at radius 2 is 0.961 bits per heavy atom. The molecule has 300 valence electrons. The first-order chi connectivity index (χ1) is 24.5. The van der Waals surface area contributed by atoms with Crippen LogP contribution in [0.5, 0.6) is 0 Å². The summed E-state index contributed by atoms with van der Waals surface area (Å²) in [4.78, 5) is 44.6. The van der Waals surface area contributed by atoms with Crippen LogP contribution >= 0.6 is 7.82 Å². The summed E-state index contributed by atoms with van der Waals surface area (Å²) in [6.45, 7) is 5.23. The maximum atomic E-state index is 13.4. The zero-order chi connectivity index (χ0) is 37.9. The zero-order valence-electron chi connectivity index (χ0n) is 33.9. The summed E-state index contributed by atoms with van der Waals surface area (Å²) in [6, 6.07) is 0. The van der Waals surface area contributed by atoms with Crippen molar-refractivity contribution in [1.29, 1.82) is 0 Å². The highest BCUT2D eigenvalue weighted by molar-refractivity contribution is 7.46. The third kappa shape index (κ3) is 37.0. The van der Waals surface area contributed by atoms with Crippen LogP contribution < -0.4 is 0 Å². The average Bonchev–Trinajstić information content (AvgIpc) is 3.07. The number of hydrogen-bond acceptors (Lipinski definition) is 4. The fourth-order valence-electron chi connectivity index (χ4n) is 6.72. The summed E-state index contributed by atoms with van der Waals surface area (Å²) in [5, 5.41) is 0. The van der Waals surface area contributed by atoms with Crippen molar-refractivity contribution >= 4 is 19.4 Å². The van der Waals surface area contributed by atoms with Crippen molar-refractivity contribution in [3.63, 3.8) is 0 Å². The first-order valence-electron chi connectivity index (χ1n) is 21.4. The molecule has 0 aliphatic rings. The van der Waals surface area contributed by atoms with Gasteiger partial charge in [-0.15, -0.1) is 0 Å². The summed E-state index contributed by atoms with van der Waals surface area (Å²) in [5.41, 5.74) is 0. The van der Waals surface area contributed by atoms with Crippen LogP contribution in [0.1, 0.15) is 200 Å². The molecule has 0 spiro atoms. The molecule has 0 rings (SSSR count). The normalized spacial score (nSPS) is 13.1. The molecule has 0 aliphatic heterocycles. The number of ketones is 2. The number of unbranched alkanes of at least 4 members (excludes halogenated alkanes) is 22. The fourth-order valence-corrected chi connectivity index (χ4v) is 7.04. The molecule has 0 heterocycles. The largest absolute Gasteiger partial charge is 0.469 e. The lowest BCUT2D eigenvalue weighted by Gasteiger charge is -2.33. The summed E-state index contributed by atoms with van der Waals surface area (Å²) >= 11 is 0. The molecule has 51 heavy (non-hydrogen) atoms. The number of rotatable bonds is 39. The van der Waals surface area contributed by atoms with E-state index in [1.807, 2.05) is 14.1 Å². The first kappa shape index (κ1) is 49.9. The summed E-state index contributed by atoms with van der Waals surface area (Å²) in [5.74, 6) is -0.0721. The second-order valence-corrected chi connectivity index (χ2v) is 17.0. The van der Waals surface area contributed by atoms with Gasteiger partial charge in [-0.3, -0.25) is 14.1 Å². The molecule has 0 radical (unpaired) electrons. The van der Waals surface area contributed by atoms with Gasteiger partial charge in [-0.05, 0) is 64.2 Å². The molecular weight excluding hydrogens is 657 g/mol. The maximum Gasteiger partial charge on any atom is 0.469 e. The van der Waals surface area contributed by atoms with E-state index in [4.69, 9.17) is 9.79 Å². The van der Waals surface area contributed by atoms with Gasteiger partial charge in [0, 0.05) is 19.3 Å². The Hall–Kier alpha value is -1.11. The average molecular weight is 741 g/mol. The smallest absolute Gasteiger partial charge is 0.326 e. The molecule has 1 atom stereocenters. The number of nitrogens with zero attached hydrogens (tertiary/aromatic N) is 1. The van der Waals surface area contributed by atoms with Crippen molar-refractivity contribution < 1.29 is 32.9 Å². The van der Waals surface area contributed by atoms with Crippen LogP contribution in [0.2, 0.25) is 0 Å². The Balaban J connectivity index is 4.42. The molecule has 0 aliphatic carbocycles. The second-order valence-electron chi connectivity index (χ2n) is 15.7. The van der Waals surface area contributed by atoms with Gasteiger partial charge >= 0.3 is 7.82 Å². The zero-order valence-corrected chi connectivity index (χ0v) is 34.8. The number of hydrogen-bond donors (Lipinski definition) is 2. The van der Waals surface area contributed by atoms with Gasteiger partial charge in [0.15, 0.2) is 0 Å². The molecule has 2 N–H and O–H groups in total. The highest BCUT2D eigenvalue weighted by Crippen LogP contribution is 2.35. The Labute approximate surface area is 315 Å². The molecule has 0 aromatic heterocycles. The third-order valence-corrected chi connectivity index (χ3v) is 10.5. The van der Waals surface area contributed by atoms with Crippen LogP contribution in [0.4, 0.5) is 0 Å². The van der Waals surface area contributed by atoms with Gasteiger partial charge in [0.05, 0.1) is 26.6 Å². The van der Waals surface area contributed by atoms with E-state index in [0.29, 0.717) is 30.4 Å². The quantitative estimate of drug-likeness (QED) is 0.0282. The number of phosphoric ester groups is 1. The molecule has 7 nitrogen and oxygen atoms in total. The van der Waals surface area contributed by atoms with Gasteiger partial charge in [0.1, 0.15) is 24.7 Å². The minimum atomic E-state index is -4.54. The van der Waals surface area contributed by atoms with E-state index in [9.17, 15) is 14.2 Å². The van der Waals surface area contributed by atoms with Gasteiger partial charge < -0.3 is 14.3 Å². The monoisotopic (exact) mass is 741 g/mol. The van der Waals surface area contributed by atoms with Crippen molar-refractivity contribution in [3.8, 4) is 0 Å². The number of Topliss-reactive ketones (excluding diaryl/α,β-unsaturated/α-hetero) is 2. The molecule has 0 aromatic rings. The van der Waals surface area contributed by atoms with E-state index >= 15 is 0 Å². The SMILES string of the molecule is CCCCCCCC/C=C\CCCCCCCC(=O)C[C@@H](C[N+](C)(C)CCOP(=O)(O)O)C(=O)CCCCCCC/C=C\CCCCCCCC. The molecule has 0 saturated carbocycles. The topological polar surface area (TPSA) is 101 Å². The number of carbonyl (C=O) groups is 2. The molecule has 0 saturated heterocycles. The van der Waals surface area contributed by atoms with Crippen molar-refractivity contribution in [2.75, 3.05) is 33.8 Å². The first-order valence-corrected chi connectivity index (χ1v) is 22.9. The van der Waals surface area contributed by atoms with Crippen molar-refractivity contribution in [2.45, 2.75) is 200 Å². The Bertz CT molecular complexity index is 927. The second kappa shape index (κ2) is 34.6. The number of likely N-dealkylation sites (N-methyl/N-ethyl adjacent to an activating group) is 1. The van der Waals surface area contributed by atoms with Crippen LogP contribution in [0.3, 0.4) is 0 Å². The van der Waals surface area contributed by atoms with Gasteiger partial charge in [0.2, 0.25) is 0 Å². The van der Waals surface area contributed by atoms with Crippen LogP contribution in [0.25, 0.3) is 0 Å². The van der Waals surface area contributed by atoms with E-state index in [0.717, 1.165) is 51.4 Å². The number of quaternary nitrogens is 1. The van der Waals surface area contributed by atoms with Crippen molar-refractivity contribution in [1.82, 2.24) is 0 Å². The van der Waals surface area contributed by atoms with E-state index in [1.54, 1.807) is 0 Å². The fraction of sp³-hybridized carbons (Fsp3) is 0.860. The van der Waals surface area contributed by atoms with E-state index in [2.05, 4.69) is 42.7 Å². The lowest BCUT2D eigenvalue weighted by atomic mass is 9.91. The van der Waals surface area contributed by atoms with Crippen LogP contribution in [0.15, 0.2) is 24.3 Å². The van der Waals surface area contributed by atoms with Gasteiger partial charge in [-0.1, -0.05) is 141 Å². The summed E-state index contributed by atoms with van der Waals surface area (Å²) in [7, 11) is -0.681. The lowest BCUT2D eigenvalue weighted by Crippen LogP contribution is -2.47.